The quantitative estimate of drug-likeness (QED) is 0.402. The van der Waals surface area contributed by atoms with Crippen LogP contribution >= 0.6 is 0 Å². The zero-order valence-corrected chi connectivity index (χ0v) is 12.3. The molecule has 104 valence electrons. The molecule has 3 nitrogen and oxygen atoms in total. The van der Waals surface area contributed by atoms with E-state index < -0.39 is 0 Å². The molecular formula is C16H24N2O. The van der Waals surface area contributed by atoms with Gasteiger partial charge in [0.1, 0.15) is 5.69 Å². The zero-order valence-electron chi connectivity index (χ0n) is 12.3. The van der Waals surface area contributed by atoms with Gasteiger partial charge in [-0.3, -0.25) is 9.79 Å². The maximum absolute atomic E-state index is 11.8. The molecule has 0 amide bonds. The molecule has 1 rings (SSSR count). The van der Waals surface area contributed by atoms with E-state index in [0.717, 1.165) is 30.8 Å². The Morgan fingerprint density at radius 3 is 2.58 bits per heavy atom. The lowest BCUT2D eigenvalue weighted by atomic mass is 10.1. The lowest BCUT2D eigenvalue weighted by Gasteiger charge is -2.03. The fourth-order valence-corrected chi connectivity index (χ4v) is 1.84. The molecule has 1 heterocycles. The molecule has 0 saturated heterocycles. The maximum atomic E-state index is 11.8. The number of nitrogens with zero attached hydrogens (tertiary/aromatic N) is 2. The molecule has 0 spiro atoms. The van der Waals surface area contributed by atoms with E-state index in [1.165, 1.54) is 12.8 Å². The van der Waals surface area contributed by atoms with Gasteiger partial charge in [-0.2, -0.15) is 0 Å². The van der Waals surface area contributed by atoms with Gasteiger partial charge in [-0.15, -0.1) is 0 Å². The van der Waals surface area contributed by atoms with Crippen molar-refractivity contribution < 1.29 is 4.79 Å². The molecule has 1 aromatic heterocycles. The van der Waals surface area contributed by atoms with Gasteiger partial charge in [0.05, 0.1) is 11.4 Å². The van der Waals surface area contributed by atoms with E-state index in [1.807, 2.05) is 26.0 Å². The molecule has 0 bridgehead atoms. The van der Waals surface area contributed by atoms with Crippen molar-refractivity contribution in [3.63, 3.8) is 0 Å². The summed E-state index contributed by atoms with van der Waals surface area (Å²) in [5.74, 6) is 0.114. The van der Waals surface area contributed by atoms with E-state index in [9.17, 15) is 4.79 Å². The maximum Gasteiger partial charge on any atom is 0.181 e. The summed E-state index contributed by atoms with van der Waals surface area (Å²) in [5, 5.41) is 0. The number of unbranched alkanes of at least 4 members (excludes halogenated alkanes) is 2. The zero-order chi connectivity index (χ0) is 14.1. The van der Waals surface area contributed by atoms with E-state index in [0.29, 0.717) is 12.1 Å². The number of pyridine rings is 1. The van der Waals surface area contributed by atoms with Crippen LogP contribution in [-0.2, 0) is 0 Å². The first-order chi connectivity index (χ1) is 9.19. The Hall–Kier alpha value is -1.51. The molecule has 0 saturated carbocycles. The number of hydrogen-bond donors (Lipinski definition) is 0. The molecule has 1 aromatic rings. The van der Waals surface area contributed by atoms with Gasteiger partial charge in [-0.1, -0.05) is 32.8 Å². The molecule has 3 heteroatoms. The number of aliphatic imine (C=N–C) groups is 1. The Balaban J connectivity index is 2.72. The number of aromatic nitrogens is 1. The average molecular weight is 260 g/mol. The lowest BCUT2D eigenvalue weighted by Crippen LogP contribution is -2.07. The Morgan fingerprint density at radius 2 is 1.89 bits per heavy atom. The number of Topliss-reactive ketones (excluding diaryl/α,β-unsaturated/α-hetero) is 1. The number of carbonyl (C=O) groups excluding carboxylic acids is 1. The lowest BCUT2D eigenvalue weighted by molar-refractivity contribution is 0.0977. The Kier molecular flexibility index (Phi) is 7.01. The predicted octanol–water partition coefficient (Wildman–Crippen LogP) is 4.06. The van der Waals surface area contributed by atoms with Crippen molar-refractivity contribution in [1.29, 1.82) is 0 Å². The fraction of sp³-hybridized carbons (Fsp3) is 0.562. The minimum Gasteiger partial charge on any atom is -0.292 e. The smallest absolute Gasteiger partial charge is 0.181 e. The first-order valence-corrected chi connectivity index (χ1v) is 7.20. The van der Waals surface area contributed by atoms with Crippen molar-refractivity contribution in [1.82, 2.24) is 4.98 Å². The van der Waals surface area contributed by atoms with Crippen molar-refractivity contribution in [2.24, 2.45) is 4.99 Å². The molecular weight excluding hydrogens is 236 g/mol. The summed E-state index contributed by atoms with van der Waals surface area (Å²) < 4.78 is 0. The summed E-state index contributed by atoms with van der Waals surface area (Å²) in [6, 6.07) is 5.59. The SMILES string of the molecule is CCCCCN=C(C)c1cccc(C(=O)CCC)n1. The van der Waals surface area contributed by atoms with Gasteiger partial charge in [0, 0.05) is 13.0 Å². The van der Waals surface area contributed by atoms with Gasteiger partial charge in [0.2, 0.25) is 0 Å². The molecule has 0 fully saturated rings. The number of rotatable bonds is 8. The molecule has 0 N–H and O–H groups in total. The van der Waals surface area contributed by atoms with Crippen LogP contribution in [0.3, 0.4) is 0 Å². The van der Waals surface area contributed by atoms with Crippen LogP contribution in [-0.4, -0.2) is 23.0 Å². The molecule has 0 aliphatic carbocycles. The average Bonchev–Trinajstić information content (AvgIpc) is 2.44. The van der Waals surface area contributed by atoms with E-state index in [2.05, 4.69) is 16.9 Å². The van der Waals surface area contributed by atoms with Crippen molar-refractivity contribution in [3.8, 4) is 0 Å². The van der Waals surface area contributed by atoms with Gasteiger partial charge in [0.25, 0.3) is 0 Å². The highest BCUT2D eigenvalue weighted by Crippen LogP contribution is 2.06. The standard InChI is InChI=1S/C16H24N2O/c1-4-6-7-12-17-13(3)14-10-8-11-15(18-14)16(19)9-5-2/h8,10-11H,4-7,9,12H2,1-3H3. The van der Waals surface area contributed by atoms with Gasteiger partial charge < -0.3 is 0 Å². The monoisotopic (exact) mass is 260 g/mol. The van der Waals surface area contributed by atoms with Crippen LogP contribution in [0.2, 0.25) is 0 Å². The van der Waals surface area contributed by atoms with Gasteiger partial charge in [-0.05, 0) is 31.9 Å². The van der Waals surface area contributed by atoms with E-state index >= 15 is 0 Å². The second kappa shape index (κ2) is 8.57. The molecule has 0 aromatic carbocycles. The molecule has 0 atom stereocenters. The second-order valence-corrected chi connectivity index (χ2v) is 4.76. The molecule has 0 aliphatic rings. The Bertz CT molecular complexity index is 438. The van der Waals surface area contributed by atoms with Crippen molar-refractivity contribution in [2.45, 2.75) is 52.9 Å². The van der Waals surface area contributed by atoms with Crippen LogP contribution < -0.4 is 0 Å². The fourth-order valence-electron chi connectivity index (χ4n) is 1.84. The van der Waals surface area contributed by atoms with Crippen LogP contribution in [0.5, 0.6) is 0 Å². The third-order valence-corrected chi connectivity index (χ3v) is 2.99. The summed E-state index contributed by atoms with van der Waals surface area (Å²) in [4.78, 5) is 20.7. The number of ketones is 1. The Morgan fingerprint density at radius 1 is 1.16 bits per heavy atom. The van der Waals surface area contributed by atoms with Gasteiger partial charge >= 0.3 is 0 Å². The summed E-state index contributed by atoms with van der Waals surface area (Å²) in [5.41, 5.74) is 2.29. The molecule has 0 aliphatic heterocycles. The largest absolute Gasteiger partial charge is 0.292 e. The highest BCUT2D eigenvalue weighted by atomic mass is 16.1. The molecule has 0 radical (unpaired) electrons. The van der Waals surface area contributed by atoms with Crippen LogP contribution in [0.1, 0.15) is 69.1 Å². The minimum atomic E-state index is 0.114. The first-order valence-electron chi connectivity index (χ1n) is 7.20. The highest BCUT2D eigenvalue weighted by molar-refractivity contribution is 5.99. The number of carbonyl (C=O) groups is 1. The highest BCUT2D eigenvalue weighted by Gasteiger charge is 2.07. The summed E-state index contributed by atoms with van der Waals surface area (Å²) >= 11 is 0. The van der Waals surface area contributed by atoms with E-state index in [1.54, 1.807) is 6.07 Å². The third kappa shape index (κ3) is 5.33. The Labute approximate surface area is 116 Å². The number of hydrogen-bond acceptors (Lipinski definition) is 3. The normalized spacial score (nSPS) is 11.6. The van der Waals surface area contributed by atoms with Gasteiger partial charge in [-0.25, -0.2) is 4.98 Å². The van der Waals surface area contributed by atoms with Crippen LogP contribution in [0.25, 0.3) is 0 Å². The minimum absolute atomic E-state index is 0.114. The van der Waals surface area contributed by atoms with E-state index in [4.69, 9.17) is 0 Å². The van der Waals surface area contributed by atoms with Crippen molar-refractivity contribution in [2.75, 3.05) is 6.54 Å². The summed E-state index contributed by atoms with van der Waals surface area (Å²) in [7, 11) is 0. The van der Waals surface area contributed by atoms with Crippen molar-refractivity contribution >= 4 is 11.5 Å². The molecule has 19 heavy (non-hydrogen) atoms. The van der Waals surface area contributed by atoms with Gasteiger partial charge in [0.15, 0.2) is 5.78 Å². The van der Waals surface area contributed by atoms with E-state index in [-0.39, 0.29) is 5.78 Å². The predicted molar refractivity (Wildman–Crippen MR) is 80.1 cm³/mol. The summed E-state index contributed by atoms with van der Waals surface area (Å²) in [6.45, 7) is 6.99. The van der Waals surface area contributed by atoms with Crippen LogP contribution in [0, 0.1) is 0 Å². The van der Waals surface area contributed by atoms with Crippen LogP contribution in [0.15, 0.2) is 23.2 Å². The molecule has 0 unspecified atom stereocenters. The first kappa shape index (κ1) is 15.5. The summed E-state index contributed by atoms with van der Waals surface area (Å²) in [6.07, 6.45) is 4.94. The van der Waals surface area contributed by atoms with Crippen molar-refractivity contribution in [3.05, 3.63) is 29.6 Å². The van der Waals surface area contributed by atoms with Crippen LogP contribution in [0.4, 0.5) is 0 Å². The topological polar surface area (TPSA) is 42.3 Å². The third-order valence-electron chi connectivity index (χ3n) is 2.99. The second-order valence-electron chi connectivity index (χ2n) is 4.76.